The molecule has 2 heterocycles. The average Bonchev–Trinajstić information content (AvgIpc) is 2.87. The number of hydrogen-bond donors (Lipinski definition) is 1. The standard InChI is InChI=1S/C28H29ClN4/c29-23-11-12-25-26(13-15-31-27(25)21-23)30-14-6-16-32-17-19-33(20-18-32)28-10-5-4-9-24(28)22-7-2-1-3-8-22/h1-5,7-13,15,21H,6,14,16-20H2,(H,30,31). The Balaban J connectivity index is 1.13. The van der Waals surface area contributed by atoms with Crippen LogP contribution in [0, 0.1) is 0 Å². The maximum absolute atomic E-state index is 6.10. The van der Waals surface area contributed by atoms with Crippen LogP contribution in [0.5, 0.6) is 0 Å². The molecule has 168 valence electrons. The van der Waals surface area contributed by atoms with E-state index in [4.69, 9.17) is 11.6 Å². The van der Waals surface area contributed by atoms with Crippen LogP contribution in [0.15, 0.2) is 85.1 Å². The molecule has 1 saturated heterocycles. The van der Waals surface area contributed by atoms with Crippen molar-refractivity contribution in [3.63, 3.8) is 0 Å². The van der Waals surface area contributed by atoms with Gasteiger partial charge in [-0.1, -0.05) is 60.1 Å². The van der Waals surface area contributed by atoms with E-state index in [9.17, 15) is 0 Å². The van der Waals surface area contributed by atoms with Gasteiger partial charge >= 0.3 is 0 Å². The molecule has 0 radical (unpaired) electrons. The van der Waals surface area contributed by atoms with Crippen LogP contribution in [0.3, 0.4) is 0 Å². The number of nitrogens with one attached hydrogen (secondary N) is 1. The van der Waals surface area contributed by atoms with Crippen LogP contribution < -0.4 is 10.2 Å². The first-order valence-corrected chi connectivity index (χ1v) is 12.1. The van der Waals surface area contributed by atoms with E-state index >= 15 is 0 Å². The second kappa shape index (κ2) is 10.2. The molecule has 0 amide bonds. The number of piperazine rings is 1. The van der Waals surface area contributed by atoms with Crippen molar-refractivity contribution in [3.8, 4) is 11.1 Å². The number of fused-ring (bicyclic) bond motifs is 1. The van der Waals surface area contributed by atoms with E-state index in [-0.39, 0.29) is 0 Å². The van der Waals surface area contributed by atoms with E-state index in [1.807, 2.05) is 30.5 Å². The number of aromatic nitrogens is 1. The molecule has 1 aromatic heterocycles. The van der Waals surface area contributed by atoms with E-state index in [1.54, 1.807) is 0 Å². The van der Waals surface area contributed by atoms with Crippen LogP contribution in [-0.4, -0.2) is 49.2 Å². The number of nitrogens with zero attached hydrogens (tertiary/aromatic N) is 3. The van der Waals surface area contributed by atoms with E-state index in [2.05, 4.69) is 74.7 Å². The second-order valence-electron chi connectivity index (χ2n) is 8.51. The highest BCUT2D eigenvalue weighted by Gasteiger charge is 2.19. The van der Waals surface area contributed by atoms with Gasteiger partial charge in [0, 0.05) is 66.3 Å². The highest BCUT2D eigenvalue weighted by atomic mass is 35.5. The lowest BCUT2D eigenvalue weighted by atomic mass is 10.0. The van der Waals surface area contributed by atoms with Gasteiger partial charge in [-0.05, 0) is 48.9 Å². The van der Waals surface area contributed by atoms with Crippen molar-refractivity contribution in [2.75, 3.05) is 49.5 Å². The van der Waals surface area contributed by atoms with Crippen molar-refractivity contribution in [2.45, 2.75) is 6.42 Å². The van der Waals surface area contributed by atoms with Gasteiger partial charge in [0.15, 0.2) is 0 Å². The first kappa shape index (κ1) is 21.7. The van der Waals surface area contributed by atoms with Gasteiger partial charge in [-0.25, -0.2) is 0 Å². The summed E-state index contributed by atoms with van der Waals surface area (Å²) in [6.45, 7) is 6.37. The van der Waals surface area contributed by atoms with Crippen LogP contribution in [0.2, 0.25) is 5.02 Å². The Morgan fingerprint density at radius 3 is 2.48 bits per heavy atom. The van der Waals surface area contributed by atoms with E-state index in [1.165, 1.54) is 16.8 Å². The second-order valence-corrected chi connectivity index (χ2v) is 8.95. The number of rotatable bonds is 7. The highest BCUT2D eigenvalue weighted by Crippen LogP contribution is 2.31. The molecular weight excluding hydrogens is 428 g/mol. The quantitative estimate of drug-likeness (QED) is 0.336. The molecule has 1 fully saturated rings. The molecule has 4 nitrogen and oxygen atoms in total. The highest BCUT2D eigenvalue weighted by molar-refractivity contribution is 6.31. The minimum atomic E-state index is 0.720. The third kappa shape index (κ3) is 5.13. The first-order valence-electron chi connectivity index (χ1n) is 11.7. The van der Waals surface area contributed by atoms with Crippen molar-refractivity contribution in [3.05, 3.63) is 90.1 Å². The third-order valence-corrected chi connectivity index (χ3v) is 6.61. The molecule has 5 heteroatoms. The lowest BCUT2D eigenvalue weighted by Crippen LogP contribution is -2.47. The molecule has 0 aliphatic carbocycles. The zero-order valence-corrected chi connectivity index (χ0v) is 19.5. The summed E-state index contributed by atoms with van der Waals surface area (Å²) >= 11 is 6.10. The van der Waals surface area contributed by atoms with Gasteiger partial charge < -0.3 is 10.2 Å². The topological polar surface area (TPSA) is 31.4 Å². The van der Waals surface area contributed by atoms with Crippen molar-refractivity contribution in [2.24, 2.45) is 0 Å². The van der Waals surface area contributed by atoms with Gasteiger partial charge in [0.25, 0.3) is 0 Å². The van der Waals surface area contributed by atoms with Crippen molar-refractivity contribution < 1.29 is 0 Å². The summed E-state index contributed by atoms with van der Waals surface area (Å²) in [5, 5.41) is 5.43. The molecule has 4 aromatic rings. The lowest BCUT2D eigenvalue weighted by molar-refractivity contribution is 0.257. The molecule has 0 saturated carbocycles. The maximum Gasteiger partial charge on any atom is 0.0737 e. The van der Waals surface area contributed by atoms with Crippen LogP contribution in [0.1, 0.15) is 6.42 Å². The Labute approximate surface area is 200 Å². The lowest BCUT2D eigenvalue weighted by Gasteiger charge is -2.37. The Morgan fingerprint density at radius 2 is 1.64 bits per heavy atom. The fourth-order valence-corrected chi connectivity index (χ4v) is 4.79. The Bertz CT molecular complexity index is 1200. The zero-order valence-electron chi connectivity index (χ0n) is 18.8. The number of anilines is 2. The first-order chi connectivity index (χ1) is 16.3. The minimum Gasteiger partial charge on any atom is -0.384 e. The number of hydrogen-bond acceptors (Lipinski definition) is 4. The molecule has 1 N–H and O–H groups in total. The molecule has 1 aliphatic heterocycles. The maximum atomic E-state index is 6.10. The van der Waals surface area contributed by atoms with Crippen LogP contribution in [-0.2, 0) is 0 Å². The van der Waals surface area contributed by atoms with Gasteiger partial charge in [0.05, 0.1) is 5.52 Å². The van der Waals surface area contributed by atoms with E-state index in [0.717, 1.165) is 67.3 Å². The fraction of sp³-hybridized carbons (Fsp3) is 0.250. The van der Waals surface area contributed by atoms with Gasteiger partial charge in [0.1, 0.15) is 0 Å². The fourth-order valence-electron chi connectivity index (χ4n) is 4.62. The summed E-state index contributed by atoms with van der Waals surface area (Å²) in [6.07, 6.45) is 2.95. The predicted molar refractivity (Wildman–Crippen MR) is 140 cm³/mol. The summed E-state index contributed by atoms with van der Waals surface area (Å²) in [4.78, 5) is 9.53. The van der Waals surface area contributed by atoms with Crippen LogP contribution in [0.25, 0.3) is 22.0 Å². The van der Waals surface area contributed by atoms with Crippen molar-refractivity contribution >= 4 is 33.9 Å². The summed E-state index contributed by atoms with van der Waals surface area (Å²) in [5.41, 5.74) is 6.00. The van der Waals surface area contributed by atoms with Crippen molar-refractivity contribution in [1.82, 2.24) is 9.88 Å². The summed E-state index contributed by atoms with van der Waals surface area (Å²) in [7, 11) is 0. The summed E-state index contributed by atoms with van der Waals surface area (Å²) in [5.74, 6) is 0. The van der Waals surface area contributed by atoms with Crippen LogP contribution in [0.4, 0.5) is 11.4 Å². The number of benzene rings is 3. The Kier molecular flexibility index (Phi) is 6.75. The normalized spacial score (nSPS) is 14.5. The van der Waals surface area contributed by atoms with E-state index < -0.39 is 0 Å². The SMILES string of the molecule is Clc1ccc2c(NCCCN3CCN(c4ccccc4-c4ccccc4)CC3)ccnc2c1. The van der Waals surface area contributed by atoms with Gasteiger partial charge in [-0.15, -0.1) is 0 Å². The van der Waals surface area contributed by atoms with Gasteiger partial charge in [0.2, 0.25) is 0 Å². The molecule has 0 atom stereocenters. The predicted octanol–water partition coefficient (Wildman–Crippen LogP) is 6.18. The van der Waals surface area contributed by atoms with E-state index in [0.29, 0.717) is 0 Å². The number of halogens is 1. The Morgan fingerprint density at radius 1 is 0.848 bits per heavy atom. The average molecular weight is 457 g/mol. The molecule has 0 unspecified atom stereocenters. The minimum absolute atomic E-state index is 0.720. The molecule has 5 rings (SSSR count). The number of para-hydroxylation sites is 1. The summed E-state index contributed by atoms with van der Waals surface area (Å²) in [6, 6.07) is 27.4. The summed E-state index contributed by atoms with van der Waals surface area (Å²) < 4.78 is 0. The van der Waals surface area contributed by atoms with Crippen LogP contribution >= 0.6 is 11.6 Å². The largest absolute Gasteiger partial charge is 0.384 e. The monoisotopic (exact) mass is 456 g/mol. The van der Waals surface area contributed by atoms with Gasteiger partial charge in [-0.3, -0.25) is 9.88 Å². The molecule has 1 aliphatic rings. The van der Waals surface area contributed by atoms with Crippen molar-refractivity contribution in [1.29, 1.82) is 0 Å². The molecule has 0 bridgehead atoms. The molecule has 33 heavy (non-hydrogen) atoms. The zero-order chi connectivity index (χ0) is 22.5. The smallest absolute Gasteiger partial charge is 0.0737 e. The number of pyridine rings is 1. The van der Waals surface area contributed by atoms with Gasteiger partial charge in [-0.2, -0.15) is 0 Å². The molecular formula is C28H29ClN4. The Hall–Kier alpha value is -3.08. The molecule has 3 aromatic carbocycles. The molecule has 0 spiro atoms. The third-order valence-electron chi connectivity index (χ3n) is 6.37.